The molecule has 0 radical (unpaired) electrons. The molecule has 1 amide bonds. The molecule has 31 heavy (non-hydrogen) atoms. The SMILES string of the molecule is CCc1ccccc1N(CC(=O)NC1CC(C)(C)Oc2ccc(OC)cc21)S(C)(=O)=O. The van der Waals surface area contributed by atoms with Crippen LogP contribution in [0.5, 0.6) is 11.5 Å². The Balaban J connectivity index is 1.88. The normalized spacial score (nSPS) is 17.3. The molecule has 1 aliphatic heterocycles. The number of nitrogens with zero attached hydrogens (tertiary/aromatic N) is 1. The van der Waals surface area contributed by atoms with Gasteiger partial charge in [0, 0.05) is 12.0 Å². The van der Waals surface area contributed by atoms with Crippen LogP contribution in [0.2, 0.25) is 0 Å². The van der Waals surface area contributed by atoms with Gasteiger partial charge < -0.3 is 14.8 Å². The second-order valence-electron chi connectivity index (χ2n) is 8.34. The topological polar surface area (TPSA) is 84.9 Å². The summed E-state index contributed by atoms with van der Waals surface area (Å²) in [6, 6.07) is 12.4. The molecule has 1 unspecified atom stereocenters. The maximum absolute atomic E-state index is 13.0. The lowest BCUT2D eigenvalue weighted by Gasteiger charge is -2.38. The number of fused-ring (bicyclic) bond motifs is 1. The van der Waals surface area contributed by atoms with Crippen molar-refractivity contribution in [2.24, 2.45) is 0 Å². The number of benzene rings is 2. The minimum Gasteiger partial charge on any atom is -0.497 e. The number of methoxy groups -OCH3 is 1. The molecule has 2 aromatic rings. The number of aryl methyl sites for hydroxylation is 1. The molecule has 2 aromatic carbocycles. The van der Waals surface area contributed by atoms with Gasteiger partial charge in [-0.1, -0.05) is 25.1 Å². The predicted octanol–water partition coefficient (Wildman–Crippen LogP) is 3.44. The summed E-state index contributed by atoms with van der Waals surface area (Å²) in [4.78, 5) is 13.0. The number of hydrogen-bond acceptors (Lipinski definition) is 5. The van der Waals surface area contributed by atoms with E-state index < -0.39 is 15.6 Å². The first-order valence-electron chi connectivity index (χ1n) is 10.3. The van der Waals surface area contributed by atoms with Crippen LogP contribution in [-0.2, 0) is 21.2 Å². The minimum atomic E-state index is -3.65. The molecule has 0 aliphatic carbocycles. The van der Waals surface area contributed by atoms with Gasteiger partial charge in [-0.15, -0.1) is 0 Å². The predicted molar refractivity (Wildman–Crippen MR) is 121 cm³/mol. The van der Waals surface area contributed by atoms with Crippen molar-refractivity contribution in [1.29, 1.82) is 0 Å². The summed E-state index contributed by atoms with van der Waals surface area (Å²) in [7, 11) is -2.07. The highest BCUT2D eigenvalue weighted by Gasteiger charge is 2.35. The van der Waals surface area contributed by atoms with Crippen LogP contribution in [-0.4, -0.2) is 39.8 Å². The maximum atomic E-state index is 13.0. The number of carbonyl (C=O) groups excluding carboxylic acids is 1. The van der Waals surface area contributed by atoms with Gasteiger partial charge in [0.15, 0.2) is 0 Å². The smallest absolute Gasteiger partial charge is 0.241 e. The van der Waals surface area contributed by atoms with Crippen molar-refractivity contribution in [3.05, 3.63) is 53.6 Å². The molecule has 7 nitrogen and oxygen atoms in total. The fraction of sp³-hybridized carbons (Fsp3) is 0.435. The Morgan fingerprint density at radius 1 is 1.26 bits per heavy atom. The van der Waals surface area contributed by atoms with Crippen molar-refractivity contribution >= 4 is 21.6 Å². The minimum absolute atomic E-state index is 0.299. The number of sulfonamides is 1. The molecule has 0 bridgehead atoms. The van der Waals surface area contributed by atoms with Gasteiger partial charge in [0.1, 0.15) is 23.6 Å². The third kappa shape index (κ3) is 5.31. The van der Waals surface area contributed by atoms with E-state index in [2.05, 4.69) is 5.32 Å². The number of ether oxygens (including phenoxy) is 2. The third-order valence-electron chi connectivity index (χ3n) is 5.34. The number of amides is 1. The lowest BCUT2D eigenvalue weighted by atomic mass is 9.89. The van der Waals surface area contributed by atoms with Gasteiger partial charge in [0.25, 0.3) is 0 Å². The van der Waals surface area contributed by atoms with E-state index in [1.165, 1.54) is 0 Å². The van der Waals surface area contributed by atoms with Gasteiger partial charge in [0.05, 0.1) is 25.1 Å². The molecule has 1 aliphatic rings. The van der Waals surface area contributed by atoms with E-state index in [9.17, 15) is 13.2 Å². The van der Waals surface area contributed by atoms with Crippen LogP contribution in [0.4, 0.5) is 5.69 Å². The van der Waals surface area contributed by atoms with Crippen molar-refractivity contribution in [1.82, 2.24) is 5.32 Å². The number of rotatable bonds is 7. The molecule has 168 valence electrons. The van der Waals surface area contributed by atoms with Crippen molar-refractivity contribution < 1.29 is 22.7 Å². The molecule has 1 atom stereocenters. The average molecular weight is 447 g/mol. The van der Waals surface area contributed by atoms with E-state index in [1.807, 2.05) is 51.1 Å². The monoisotopic (exact) mass is 446 g/mol. The standard InChI is InChI=1S/C23H30N2O5S/c1-6-16-9-7-8-10-20(16)25(31(5,27)28)15-22(26)24-19-14-23(2,3)30-21-12-11-17(29-4)13-18(19)21/h7-13,19H,6,14-15H2,1-5H3,(H,24,26). The first-order valence-corrected chi connectivity index (χ1v) is 12.1. The molecule has 0 saturated carbocycles. The van der Waals surface area contributed by atoms with Gasteiger partial charge in [-0.3, -0.25) is 9.10 Å². The molecule has 0 aromatic heterocycles. The number of nitrogens with one attached hydrogen (secondary N) is 1. The molecular formula is C23H30N2O5S. The van der Waals surface area contributed by atoms with Gasteiger partial charge in [0.2, 0.25) is 15.9 Å². The maximum Gasteiger partial charge on any atom is 0.241 e. The fourth-order valence-electron chi connectivity index (χ4n) is 3.89. The third-order valence-corrected chi connectivity index (χ3v) is 6.46. The zero-order valence-electron chi connectivity index (χ0n) is 18.6. The molecular weight excluding hydrogens is 416 g/mol. The zero-order valence-corrected chi connectivity index (χ0v) is 19.5. The van der Waals surface area contributed by atoms with Gasteiger partial charge >= 0.3 is 0 Å². The Morgan fingerprint density at radius 2 is 1.97 bits per heavy atom. The van der Waals surface area contributed by atoms with E-state index in [4.69, 9.17) is 9.47 Å². The Hall–Kier alpha value is -2.74. The van der Waals surface area contributed by atoms with E-state index in [0.717, 1.165) is 21.7 Å². The lowest BCUT2D eigenvalue weighted by molar-refractivity contribution is -0.120. The second-order valence-corrected chi connectivity index (χ2v) is 10.2. The largest absolute Gasteiger partial charge is 0.497 e. The lowest BCUT2D eigenvalue weighted by Crippen LogP contribution is -2.45. The number of carbonyl (C=O) groups is 1. The molecule has 3 rings (SSSR count). The number of hydrogen-bond donors (Lipinski definition) is 1. The summed E-state index contributed by atoms with van der Waals surface area (Å²) in [6.07, 6.45) is 2.32. The van der Waals surface area contributed by atoms with Crippen molar-refractivity contribution in [2.45, 2.75) is 45.3 Å². The molecule has 0 fully saturated rings. The highest BCUT2D eigenvalue weighted by Crippen LogP contribution is 2.41. The molecule has 1 heterocycles. The van der Waals surface area contributed by atoms with Crippen molar-refractivity contribution in [3.8, 4) is 11.5 Å². The van der Waals surface area contributed by atoms with Crippen molar-refractivity contribution in [3.63, 3.8) is 0 Å². The summed E-state index contributed by atoms with van der Waals surface area (Å²) in [5.74, 6) is 0.961. The summed E-state index contributed by atoms with van der Waals surface area (Å²) >= 11 is 0. The average Bonchev–Trinajstić information content (AvgIpc) is 2.70. The van der Waals surface area contributed by atoms with E-state index >= 15 is 0 Å². The first kappa shape index (κ1) is 22.9. The molecule has 0 spiro atoms. The highest BCUT2D eigenvalue weighted by molar-refractivity contribution is 7.92. The summed E-state index contributed by atoms with van der Waals surface area (Å²) in [5.41, 5.74) is 1.72. The molecule has 0 saturated heterocycles. The zero-order chi connectivity index (χ0) is 22.8. The van der Waals surface area contributed by atoms with Crippen LogP contribution < -0.4 is 19.1 Å². The highest BCUT2D eigenvalue weighted by atomic mass is 32.2. The van der Waals surface area contributed by atoms with Crippen molar-refractivity contribution in [2.75, 3.05) is 24.2 Å². The second kappa shape index (κ2) is 8.78. The number of anilines is 1. The fourth-order valence-corrected chi connectivity index (χ4v) is 4.78. The summed E-state index contributed by atoms with van der Waals surface area (Å²) < 4.78 is 37.6. The van der Waals surface area contributed by atoms with Crippen LogP contribution in [0.3, 0.4) is 0 Å². The Bertz CT molecular complexity index is 1070. The summed E-state index contributed by atoms with van der Waals surface area (Å²) in [6.45, 7) is 5.57. The van der Waals surface area contributed by atoms with Crippen LogP contribution in [0.25, 0.3) is 0 Å². The van der Waals surface area contributed by atoms with Crippen LogP contribution in [0, 0.1) is 0 Å². The molecule has 1 N–H and O–H groups in total. The van der Waals surface area contributed by atoms with E-state index in [1.54, 1.807) is 19.2 Å². The van der Waals surface area contributed by atoms with E-state index in [-0.39, 0.29) is 18.5 Å². The Labute approximate surface area is 184 Å². The van der Waals surface area contributed by atoms with Crippen LogP contribution in [0.1, 0.15) is 44.4 Å². The Morgan fingerprint density at radius 3 is 2.61 bits per heavy atom. The van der Waals surface area contributed by atoms with Gasteiger partial charge in [-0.2, -0.15) is 0 Å². The van der Waals surface area contributed by atoms with Gasteiger partial charge in [-0.25, -0.2) is 8.42 Å². The Kier molecular flexibility index (Phi) is 6.50. The quantitative estimate of drug-likeness (QED) is 0.704. The van der Waals surface area contributed by atoms with Crippen LogP contribution >= 0.6 is 0 Å². The van der Waals surface area contributed by atoms with Gasteiger partial charge in [-0.05, 0) is 50.1 Å². The summed E-state index contributed by atoms with van der Waals surface area (Å²) in [5, 5.41) is 3.01. The number of para-hydroxylation sites is 1. The van der Waals surface area contributed by atoms with E-state index in [0.29, 0.717) is 30.0 Å². The molecule has 8 heteroatoms. The first-order chi connectivity index (χ1) is 14.5. The van der Waals surface area contributed by atoms with Crippen LogP contribution in [0.15, 0.2) is 42.5 Å².